The van der Waals surface area contributed by atoms with Gasteiger partial charge >= 0.3 is 0 Å². The Kier molecular flexibility index (Phi) is 4.49. The quantitative estimate of drug-likeness (QED) is 0.456. The number of likely N-dealkylation sites (N-methyl/N-ethyl adjacent to an activating group) is 1. The molecule has 0 radical (unpaired) electrons. The van der Waals surface area contributed by atoms with Crippen molar-refractivity contribution in [2.45, 2.75) is 19.4 Å². The summed E-state index contributed by atoms with van der Waals surface area (Å²) in [6.45, 7) is 1.92. The molecule has 1 rings (SSSR count). The van der Waals surface area contributed by atoms with Crippen molar-refractivity contribution in [3.8, 4) is 6.07 Å². The fourth-order valence-corrected chi connectivity index (χ4v) is 1.68. The van der Waals surface area contributed by atoms with Crippen LogP contribution in [0.5, 0.6) is 0 Å². The van der Waals surface area contributed by atoms with Gasteiger partial charge in [0.25, 0.3) is 5.91 Å². The summed E-state index contributed by atoms with van der Waals surface area (Å²) in [5.74, 6) is 4.92. The van der Waals surface area contributed by atoms with Crippen LogP contribution in [0.4, 0.5) is 5.69 Å². The number of anilines is 1. The highest BCUT2D eigenvalue weighted by Gasteiger charge is 2.20. The molecule has 0 saturated heterocycles. The van der Waals surface area contributed by atoms with Gasteiger partial charge in [-0.3, -0.25) is 10.2 Å². The molecule has 5 heteroatoms. The number of amides is 1. The van der Waals surface area contributed by atoms with Gasteiger partial charge in [0.2, 0.25) is 0 Å². The van der Waals surface area contributed by atoms with Crippen molar-refractivity contribution in [1.29, 1.82) is 5.26 Å². The first-order chi connectivity index (χ1) is 8.13. The largest absolute Gasteiger partial charge is 0.363 e. The van der Waals surface area contributed by atoms with Crippen LogP contribution in [0.1, 0.15) is 18.9 Å². The lowest BCUT2D eigenvalue weighted by Gasteiger charge is -2.27. The first-order valence-corrected chi connectivity index (χ1v) is 5.37. The molecular formula is C12H16N4O. The number of nitrogens with one attached hydrogen (secondary N) is 1. The van der Waals surface area contributed by atoms with Crippen LogP contribution in [-0.2, 0) is 4.79 Å². The van der Waals surface area contributed by atoms with E-state index in [1.54, 1.807) is 12.1 Å². The van der Waals surface area contributed by atoms with Gasteiger partial charge in [-0.05, 0) is 30.7 Å². The third-order valence-corrected chi connectivity index (χ3v) is 2.70. The number of hydrogen-bond donors (Lipinski definition) is 2. The molecule has 0 aliphatic carbocycles. The van der Waals surface area contributed by atoms with Crippen LogP contribution in [0.3, 0.4) is 0 Å². The van der Waals surface area contributed by atoms with Crippen LogP contribution in [0.15, 0.2) is 24.3 Å². The second-order valence-electron chi connectivity index (χ2n) is 3.70. The summed E-state index contributed by atoms with van der Waals surface area (Å²) >= 11 is 0. The zero-order valence-electron chi connectivity index (χ0n) is 9.97. The van der Waals surface area contributed by atoms with Gasteiger partial charge in [-0.15, -0.1) is 0 Å². The van der Waals surface area contributed by atoms with E-state index in [9.17, 15) is 4.79 Å². The standard InChI is InChI=1S/C12H16N4O/c1-3-11(12(17)15-14)16(2)10-6-4-9(8-13)5-7-10/h4-7,11H,3,14H2,1-2H3,(H,15,17). The number of carbonyl (C=O) groups is 1. The third-order valence-electron chi connectivity index (χ3n) is 2.70. The highest BCUT2D eigenvalue weighted by Crippen LogP contribution is 2.17. The maximum absolute atomic E-state index is 11.6. The van der Waals surface area contributed by atoms with Crippen LogP contribution >= 0.6 is 0 Å². The van der Waals surface area contributed by atoms with Gasteiger partial charge in [0.1, 0.15) is 6.04 Å². The van der Waals surface area contributed by atoms with Crippen molar-refractivity contribution < 1.29 is 4.79 Å². The van der Waals surface area contributed by atoms with Gasteiger partial charge in [0.05, 0.1) is 11.6 Å². The van der Waals surface area contributed by atoms with Crippen molar-refractivity contribution in [3.63, 3.8) is 0 Å². The van der Waals surface area contributed by atoms with Crippen LogP contribution in [0.2, 0.25) is 0 Å². The minimum atomic E-state index is -0.312. The lowest BCUT2D eigenvalue weighted by atomic mass is 10.1. The molecule has 0 aromatic heterocycles. The lowest BCUT2D eigenvalue weighted by Crippen LogP contribution is -2.47. The van der Waals surface area contributed by atoms with Crippen molar-refractivity contribution in [1.82, 2.24) is 5.43 Å². The number of hydrogen-bond acceptors (Lipinski definition) is 4. The Labute approximate surface area is 101 Å². The summed E-state index contributed by atoms with van der Waals surface area (Å²) in [5.41, 5.74) is 3.63. The van der Waals surface area contributed by atoms with Gasteiger partial charge in [-0.25, -0.2) is 5.84 Å². The Balaban J connectivity index is 2.90. The van der Waals surface area contributed by atoms with Gasteiger partial charge in [-0.1, -0.05) is 6.92 Å². The molecule has 0 fully saturated rings. The Morgan fingerprint density at radius 1 is 1.53 bits per heavy atom. The number of carbonyl (C=O) groups excluding carboxylic acids is 1. The van der Waals surface area contributed by atoms with E-state index in [4.69, 9.17) is 11.1 Å². The zero-order valence-corrected chi connectivity index (χ0v) is 9.97. The van der Waals surface area contributed by atoms with Crippen LogP contribution < -0.4 is 16.2 Å². The molecule has 0 spiro atoms. The molecule has 1 aromatic carbocycles. The average molecular weight is 232 g/mol. The Morgan fingerprint density at radius 3 is 2.53 bits per heavy atom. The van der Waals surface area contributed by atoms with Crippen LogP contribution in [-0.4, -0.2) is 19.0 Å². The summed E-state index contributed by atoms with van der Waals surface area (Å²) in [4.78, 5) is 13.4. The molecule has 0 aliphatic rings. The SMILES string of the molecule is CCC(C(=O)NN)N(C)c1ccc(C#N)cc1. The van der Waals surface area contributed by atoms with Gasteiger partial charge in [-0.2, -0.15) is 5.26 Å². The smallest absolute Gasteiger partial charge is 0.256 e. The Morgan fingerprint density at radius 2 is 2.12 bits per heavy atom. The maximum atomic E-state index is 11.6. The minimum Gasteiger partial charge on any atom is -0.363 e. The van der Waals surface area contributed by atoms with Crippen molar-refractivity contribution in [3.05, 3.63) is 29.8 Å². The predicted molar refractivity (Wildman–Crippen MR) is 66.0 cm³/mol. The first-order valence-electron chi connectivity index (χ1n) is 5.37. The normalized spacial score (nSPS) is 11.4. The summed E-state index contributed by atoms with van der Waals surface area (Å²) in [5, 5.41) is 8.70. The number of benzene rings is 1. The summed E-state index contributed by atoms with van der Waals surface area (Å²) in [6, 6.07) is 8.80. The fourth-order valence-electron chi connectivity index (χ4n) is 1.68. The van der Waals surface area contributed by atoms with E-state index in [0.717, 1.165) is 5.69 Å². The number of nitriles is 1. The Hall–Kier alpha value is -2.06. The van der Waals surface area contributed by atoms with E-state index in [1.165, 1.54) is 0 Å². The first kappa shape index (κ1) is 13.0. The molecule has 5 nitrogen and oxygen atoms in total. The van der Waals surface area contributed by atoms with Crippen LogP contribution in [0.25, 0.3) is 0 Å². The summed E-state index contributed by atoms with van der Waals surface area (Å²) < 4.78 is 0. The number of rotatable bonds is 4. The number of hydrazine groups is 1. The molecule has 90 valence electrons. The van der Waals surface area contributed by atoms with Gasteiger partial charge in [0.15, 0.2) is 0 Å². The van der Waals surface area contributed by atoms with E-state index in [0.29, 0.717) is 12.0 Å². The van der Waals surface area contributed by atoms with E-state index < -0.39 is 0 Å². The number of nitrogens with zero attached hydrogens (tertiary/aromatic N) is 2. The second-order valence-corrected chi connectivity index (χ2v) is 3.70. The molecule has 17 heavy (non-hydrogen) atoms. The highest BCUT2D eigenvalue weighted by atomic mass is 16.2. The molecule has 1 unspecified atom stereocenters. The van der Waals surface area contributed by atoms with E-state index in [2.05, 4.69) is 11.5 Å². The van der Waals surface area contributed by atoms with Crippen molar-refractivity contribution >= 4 is 11.6 Å². The molecule has 0 heterocycles. The van der Waals surface area contributed by atoms with E-state index >= 15 is 0 Å². The highest BCUT2D eigenvalue weighted by molar-refractivity contribution is 5.84. The monoisotopic (exact) mass is 232 g/mol. The van der Waals surface area contributed by atoms with Crippen LogP contribution in [0, 0.1) is 11.3 Å². The third kappa shape index (κ3) is 2.95. The average Bonchev–Trinajstić information content (AvgIpc) is 2.39. The second kappa shape index (κ2) is 5.87. The molecule has 1 aromatic rings. The van der Waals surface area contributed by atoms with Crippen molar-refractivity contribution in [2.24, 2.45) is 5.84 Å². The van der Waals surface area contributed by atoms with Crippen molar-refractivity contribution in [2.75, 3.05) is 11.9 Å². The van der Waals surface area contributed by atoms with Gasteiger partial charge < -0.3 is 4.90 Å². The molecular weight excluding hydrogens is 216 g/mol. The fraction of sp³-hybridized carbons (Fsp3) is 0.333. The lowest BCUT2D eigenvalue weighted by molar-refractivity contribution is -0.122. The van der Waals surface area contributed by atoms with Gasteiger partial charge in [0, 0.05) is 12.7 Å². The molecule has 3 N–H and O–H groups in total. The summed E-state index contributed by atoms with van der Waals surface area (Å²) in [6.07, 6.45) is 0.652. The Bertz CT molecular complexity index is 421. The molecule has 1 amide bonds. The van der Waals surface area contributed by atoms with E-state index in [-0.39, 0.29) is 11.9 Å². The number of nitrogens with two attached hydrogens (primary N) is 1. The molecule has 0 aliphatic heterocycles. The molecule has 0 saturated carbocycles. The maximum Gasteiger partial charge on any atom is 0.256 e. The topological polar surface area (TPSA) is 82.2 Å². The predicted octanol–water partition coefficient (Wildman–Crippen LogP) is 0.763. The molecule has 0 bridgehead atoms. The van der Waals surface area contributed by atoms with E-state index in [1.807, 2.05) is 31.0 Å². The summed E-state index contributed by atoms with van der Waals surface area (Å²) in [7, 11) is 1.82. The minimum absolute atomic E-state index is 0.223. The zero-order chi connectivity index (χ0) is 12.8. The molecule has 1 atom stereocenters.